The molecule has 1 aliphatic heterocycles. The third-order valence-electron chi connectivity index (χ3n) is 5.07. The topological polar surface area (TPSA) is 54.8 Å². The van der Waals surface area contributed by atoms with Crippen LogP contribution in [0.15, 0.2) is 65.7 Å². The van der Waals surface area contributed by atoms with Crippen LogP contribution in [-0.2, 0) is 15.7 Å². The van der Waals surface area contributed by atoms with E-state index in [2.05, 4.69) is 11.0 Å². The molecule has 7 heteroatoms. The van der Waals surface area contributed by atoms with Crippen molar-refractivity contribution in [3.8, 4) is 0 Å². The van der Waals surface area contributed by atoms with E-state index in [1.54, 1.807) is 4.90 Å². The molecule has 4 rings (SSSR count). The van der Waals surface area contributed by atoms with Gasteiger partial charge < -0.3 is 14.5 Å². The number of rotatable bonds is 3. The summed E-state index contributed by atoms with van der Waals surface area (Å²) in [6.45, 7) is 8.32. The van der Waals surface area contributed by atoms with Crippen LogP contribution in [0.3, 0.4) is 0 Å². The Morgan fingerprint density at radius 3 is 2.30 bits per heavy atom. The minimum atomic E-state index is -1.30. The van der Waals surface area contributed by atoms with Crippen molar-refractivity contribution in [2.45, 2.75) is 31.3 Å². The van der Waals surface area contributed by atoms with Crippen LogP contribution in [0.5, 0.6) is 0 Å². The first kappa shape index (κ1) is 20.5. The summed E-state index contributed by atoms with van der Waals surface area (Å²) in [5.41, 5.74) is 1.54. The molecule has 2 aromatic carbocycles. The Hall–Kier alpha value is -2.80. The van der Waals surface area contributed by atoms with Crippen molar-refractivity contribution in [1.82, 2.24) is 8.87 Å². The number of carbonyl (C=O) groups is 1. The Kier molecular flexibility index (Phi) is 5.56. The van der Waals surface area contributed by atoms with Gasteiger partial charge in [-0.2, -0.15) is 0 Å². The number of benzene rings is 2. The fraction of sp³-hybridized carbons (Fsp3) is 0.348. The molecular weight excluding hydrogens is 398 g/mol. The van der Waals surface area contributed by atoms with Crippen LogP contribution in [0, 0.1) is 0 Å². The van der Waals surface area contributed by atoms with Gasteiger partial charge in [-0.25, -0.2) is 9.00 Å². The van der Waals surface area contributed by atoms with Gasteiger partial charge in [-0.15, -0.1) is 0 Å². The van der Waals surface area contributed by atoms with Crippen LogP contribution in [-0.4, -0.2) is 51.0 Å². The standard InChI is InChI=1S/C23H27N3O3S/c1-23(2,3)29-22(27)25-16-14-24(15-17-25)20-10-7-11-21-19(20)12-13-26(21)30(28)18-8-5-4-6-9-18/h4-13H,14-17H2,1-3H3. The molecule has 0 bridgehead atoms. The molecule has 30 heavy (non-hydrogen) atoms. The van der Waals surface area contributed by atoms with E-state index in [0.717, 1.165) is 34.6 Å². The van der Waals surface area contributed by atoms with Crippen molar-refractivity contribution in [3.05, 3.63) is 60.8 Å². The first-order chi connectivity index (χ1) is 14.3. The first-order valence-electron chi connectivity index (χ1n) is 10.1. The average molecular weight is 426 g/mol. The molecule has 0 radical (unpaired) electrons. The molecule has 1 unspecified atom stereocenters. The van der Waals surface area contributed by atoms with Gasteiger partial charge >= 0.3 is 6.09 Å². The molecule has 0 spiro atoms. The van der Waals surface area contributed by atoms with Crippen molar-refractivity contribution in [3.63, 3.8) is 0 Å². The number of piperazine rings is 1. The van der Waals surface area contributed by atoms with Crippen molar-refractivity contribution in [1.29, 1.82) is 0 Å². The van der Waals surface area contributed by atoms with E-state index in [9.17, 15) is 9.00 Å². The van der Waals surface area contributed by atoms with E-state index in [1.807, 2.05) is 79.5 Å². The number of nitrogens with zero attached hydrogens (tertiary/aromatic N) is 3. The molecule has 0 saturated carbocycles. The number of fused-ring (bicyclic) bond motifs is 1. The maximum Gasteiger partial charge on any atom is 0.410 e. The average Bonchev–Trinajstić information content (AvgIpc) is 3.17. The van der Waals surface area contributed by atoms with Crippen LogP contribution in [0.4, 0.5) is 10.5 Å². The highest BCUT2D eigenvalue weighted by Crippen LogP contribution is 2.30. The quantitative estimate of drug-likeness (QED) is 0.629. The Morgan fingerprint density at radius 1 is 0.933 bits per heavy atom. The summed E-state index contributed by atoms with van der Waals surface area (Å²) >= 11 is 0. The normalized spacial score (nSPS) is 16.0. The predicted molar refractivity (Wildman–Crippen MR) is 120 cm³/mol. The lowest BCUT2D eigenvalue weighted by atomic mass is 10.1. The van der Waals surface area contributed by atoms with Crippen LogP contribution in [0.2, 0.25) is 0 Å². The molecule has 2 heterocycles. The summed E-state index contributed by atoms with van der Waals surface area (Å²) in [6, 6.07) is 17.6. The minimum absolute atomic E-state index is 0.259. The van der Waals surface area contributed by atoms with E-state index in [1.165, 1.54) is 0 Å². The molecule has 1 amide bonds. The zero-order valence-corrected chi connectivity index (χ0v) is 18.4. The van der Waals surface area contributed by atoms with Gasteiger partial charge in [0.05, 0.1) is 10.4 Å². The highest BCUT2D eigenvalue weighted by atomic mass is 32.2. The molecule has 1 atom stereocenters. The molecule has 1 fully saturated rings. The molecule has 0 aliphatic carbocycles. The summed E-state index contributed by atoms with van der Waals surface area (Å²) in [4.78, 5) is 17.1. The van der Waals surface area contributed by atoms with Crippen molar-refractivity contribution < 1.29 is 13.7 Å². The highest BCUT2D eigenvalue weighted by molar-refractivity contribution is 7.83. The van der Waals surface area contributed by atoms with E-state index in [4.69, 9.17) is 4.74 Å². The van der Waals surface area contributed by atoms with Crippen LogP contribution in [0.25, 0.3) is 10.9 Å². The van der Waals surface area contributed by atoms with Crippen molar-refractivity contribution in [2.75, 3.05) is 31.1 Å². The van der Waals surface area contributed by atoms with Gasteiger partial charge in [-0.05, 0) is 51.1 Å². The molecule has 3 aromatic rings. The number of hydrogen-bond acceptors (Lipinski definition) is 4. The maximum atomic E-state index is 13.0. The van der Waals surface area contributed by atoms with Gasteiger partial charge in [0.1, 0.15) is 5.60 Å². The number of amides is 1. The Balaban J connectivity index is 1.53. The smallest absolute Gasteiger partial charge is 0.410 e. The lowest BCUT2D eigenvalue weighted by Crippen LogP contribution is -2.50. The monoisotopic (exact) mass is 425 g/mol. The van der Waals surface area contributed by atoms with E-state index in [-0.39, 0.29) is 6.09 Å². The van der Waals surface area contributed by atoms with Crippen LogP contribution < -0.4 is 4.90 Å². The second-order valence-corrected chi connectivity index (χ2v) is 9.73. The number of anilines is 1. The summed E-state index contributed by atoms with van der Waals surface area (Å²) in [5.74, 6) is 0. The SMILES string of the molecule is CC(C)(C)OC(=O)N1CCN(c2cccc3c2ccn3S(=O)c2ccccc2)CC1. The Bertz CT molecular complexity index is 1060. The van der Waals surface area contributed by atoms with Gasteiger partial charge in [0.15, 0.2) is 11.0 Å². The summed E-state index contributed by atoms with van der Waals surface area (Å²) < 4.78 is 20.3. The Morgan fingerprint density at radius 2 is 1.63 bits per heavy atom. The van der Waals surface area contributed by atoms with E-state index < -0.39 is 16.6 Å². The van der Waals surface area contributed by atoms with Crippen LogP contribution in [0.1, 0.15) is 20.8 Å². The number of aromatic nitrogens is 1. The maximum absolute atomic E-state index is 13.0. The van der Waals surface area contributed by atoms with Gasteiger partial charge in [0, 0.05) is 43.4 Å². The van der Waals surface area contributed by atoms with Crippen molar-refractivity contribution in [2.24, 2.45) is 0 Å². The van der Waals surface area contributed by atoms with Gasteiger partial charge in [-0.1, -0.05) is 24.3 Å². The first-order valence-corrected chi connectivity index (χ1v) is 11.2. The molecule has 6 nitrogen and oxygen atoms in total. The van der Waals surface area contributed by atoms with Crippen LogP contribution >= 0.6 is 0 Å². The number of hydrogen-bond donors (Lipinski definition) is 0. The van der Waals surface area contributed by atoms with Gasteiger partial charge in [0.25, 0.3) is 0 Å². The van der Waals surface area contributed by atoms with Crippen molar-refractivity contribution >= 4 is 33.7 Å². The summed E-state index contributed by atoms with van der Waals surface area (Å²) in [7, 11) is -1.30. The Labute approximate surface area is 179 Å². The fourth-order valence-electron chi connectivity index (χ4n) is 3.65. The summed E-state index contributed by atoms with van der Waals surface area (Å²) in [6.07, 6.45) is 1.62. The number of carbonyl (C=O) groups excluding carboxylic acids is 1. The highest BCUT2D eigenvalue weighted by Gasteiger charge is 2.26. The van der Waals surface area contributed by atoms with Gasteiger partial charge in [0.2, 0.25) is 0 Å². The number of ether oxygens (including phenoxy) is 1. The minimum Gasteiger partial charge on any atom is -0.444 e. The molecule has 1 aliphatic rings. The molecular formula is C23H27N3O3S. The fourth-order valence-corrected chi connectivity index (χ4v) is 4.78. The van der Waals surface area contributed by atoms with E-state index in [0.29, 0.717) is 13.1 Å². The largest absolute Gasteiger partial charge is 0.444 e. The predicted octanol–water partition coefficient (Wildman–Crippen LogP) is 4.27. The van der Waals surface area contributed by atoms with Gasteiger partial charge in [-0.3, -0.25) is 3.97 Å². The molecule has 158 valence electrons. The molecule has 1 aromatic heterocycles. The zero-order chi connectivity index (χ0) is 21.3. The molecule has 0 N–H and O–H groups in total. The summed E-state index contributed by atoms with van der Waals surface area (Å²) in [5, 5.41) is 1.06. The second kappa shape index (κ2) is 8.14. The zero-order valence-electron chi connectivity index (χ0n) is 17.6. The second-order valence-electron chi connectivity index (χ2n) is 8.37. The third kappa shape index (κ3) is 4.21. The lowest BCUT2D eigenvalue weighted by molar-refractivity contribution is 0.0240. The lowest BCUT2D eigenvalue weighted by Gasteiger charge is -2.37. The third-order valence-corrected chi connectivity index (χ3v) is 6.42. The van der Waals surface area contributed by atoms with E-state index >= 15 is 0 Å². The molecule has 1 saturated heterocycles.